The third-order valence-electron chi connectivity index (χ3n) is 6.50. The molecule has 0 spiro atoms. The molecule has 8 heteroatoms. The van der Waals surface area contributed by atoms with E-state index in [1.165, 1.54) is 4.90 Å². The Bertz CT molecular complexity index is 1270. The zero-order valence-corrected chi connectivity index (χ0v) is 22.1. The summed E-state index contributed by atoms with van der Waals surface area (Å²) in [6, 6.07) is 18.7. The van der Waals surface area contributed by atoms with Gasteiger partial charge < -0.3 is 29.5 Å². The number of benzene rings is 3. The van der Waals surface area contributed by atoms with Crippen LogP contribution in [0.25, 0.3) is 11.1 Å². The Balaban J connectivity index is 1.47. The van der Waals surface area contributed by atoms with Crippen LogP contribution in [0.1, 0.15) is 15.9 Å². The first kappa shape index (κ1) is 26.0. The van der Waals surface area contributed by atoms with Gasteiger partial charge in [0.15, 0.2) is 0 Å². The summed E-state index contributed by atoms with van der Waals surface area (Å²) in [6.07, 6.45) is -0.424. The van der Waals surface area contributed by atoms with Crippen molar-refractivity contribution in [3.8, 4) is 22.6 Å². The van der Waals surface area contributed by atoms with Crippen molar-refractivity contribution in [3.63, 3.8) is 0 Å². The van der Waals surface area contributed by atoms with Crippen LogP contribution in [0.15, 0.2) is 60.7 Å². The molecule has 8 nitrogen and oxygen atoms in total. The number of hydrogen-bond donors (Lipinski definition) is 1. The predicted octanol–water partition coefficient (Wildman–Crippen LogP) is 4.74. The monoisotopic (exact) mass is 502 g/mol. The van der Waals surface area contributed by atoms with E-state index in [1.807, 2.05) is 55.5 Å². The smallest absolute Gasteiger partial charge is 0.414 e. The zero-order valence-electron chi connectivity index (χ0n) is 22.1. The summed E-state index contributed by atoms with van der Waals surface area (Å²) < 4.78 is 10.9. The van der Waals surface area contributed by atoms with Crippen LogP contribution in [0, 0.1) is 6.92 Å². The molecule has 1 N–H and O–H groups in total. The normalized spacial score (nSPS) is 13.7. The van der Waals surface area contributed by atoms with Gasteiger partial charge in [0.1, 0.15) is 11.5 Å². The molecule has 3 aromatic carbocycles. The Morgan fingerprint density at radius 1 is 0.919 bits per heavy atom. The van der Waals surface area contributed by atoms with Crippen LogP contribution in [0.4, 0.5) is 16.2 Å². The second-order valence-corrected chi connectivity index (χ2v) is 9.45. The van der Waals surface area contributed by atoms with Crippen molar-refractivity contribution in [1.29, 1.82) is 0 Å². The first-order valence-electron chi connectivity index (χ1n) is 12.3. The highest BCUT2D eigenvalue weighted by Gasteiger charge is 2.19. The Morgan fingerprint density at radius 2 is 1.62 bits per heavy atom. The predicted molar refractivity (Wildman–Crippen MR) is 147 cm³/mol. The average Bonchev–Trinajstić information content (AvgIpc) is 2.89. The minimum atomic E-state index is -0.424. The van der Waals surface area contributed by atoms with E-state index in [4.69, 9.17) is 9.47 Å². The van der Waals surface area contributed by atoms with Crippen LogP contribution in [0.2, 0.25) is 0 Å². The van der Waals surface area contributed by atoms with E-state index in [0.717, 1.165) is 60.0 Å². The summed E-state index contributed by atoms with van der Waals surface area (Å²) >= 11 is 0. The lowest BCUT2D eigenvalue weighted by Crippen LogP contribution is -2.44. The summed E-state index contributed by atoms with van der Waals surface area (Å²) in [5.41, 5.74) is 5.24. The van der Waals surface area contributed by atoms with Crippen LogP contribution >= 0.6 is 0 Å². The average molecular weight is 503 g/mol. The molecule has 0 bridgehead atoms. The minimum Gasteiger partial charge on any atom is -0.495 e. The van der Waals surface area contributed by atoms with Crippen LogP contribution in [0.3, 0.4) is 0 Å². The number of hydrogen-bond acceptors (Lipinski definition) is 6. The summed E-state index contributed by atoms with van der Waals surface area (Å²) in [4.78, 5) is 30.8. The summed E-state index contributed by atoms with van der Waals surface area (Å²) in [5, 5.41) is 3.03. The maximum absolute atomic E-state index is 13.1. The van der Waals surface area contributed by atoms with E-state index in [1.54, 1.807) is 33.3 Å². The van der Waals surface area contributed by atoms with Crippen LogP contribution in [-0.4, -0.2) is 76.2 Å². The van der Waals surface area contributed by atoms with E-state index in [-0.39, 0.29) is 5.91 Å². The van der Waals surface area contributed by atoms with E-state index in [0.29, 0.717) is 11.3 Å². The number of aryl methyl sites for hydroxylation is 1. The molecule has 0 unspecified atom stereocenters. The number of ether oxygens (including phenoxy) is 2. The highest BCUT2D eigenvalue weighted by molar-refractivity contribution is 6.05. The van der Waals surface area contributed by atoms with Crippen molar-refractivity contribution in [3.05, 3.63) is 71.8 Å². The number of rotatable bonds is 6. The van der Waals surface area contributed by atoms with Crippen molar-refractivity contribution in [1.82, 2.24) is 9.80 Å². The number of amides is 2. The fourth-order valence-corrected chi connectivity index (χ4v) is 4.29. The SMILES string of the molecule is COc1ccc(NC(=O)c2ccc(-c3ccc(OC(=O)N(C)C)cc3)c(C)c2)cc1N1CCN(C)CC1. The van der Waals surface area contributed by atoms with Gasteiger partial charge in [0.05, 0.1) is 12.8 Å². The van der Waals surface area contributed by atoms with E-state index in [9.17, 15) is 9.59 Å². The van der Waals surface area contributed by atoms with Crippen LogP contribution in [0.5, 0.6) is 11.5 Å². The number of methoxy groups -OCH3 is 1. The molecule has 2 amide bonds. The number of piperazine rings is 1. The largest absolute Gasteiger partial charge is 0.495 e. The second-order valence-electron chi connectivity index (χ2n) is 9.45. The fourth-order valence-electron chi connectivity index (χ4n) is 4.29. The highest BCUT2D eigenvalue weighted by atomic mass is 16.6. The number of carbonyl (C=O) groups excluding carboxylic acids is 2. The van der Waals surface area contributed by atoms with E-state index in [2.05, 4.69) is 22.2 Å². The van der Waals surface area contributed by atoms with Gasteiger partial charge in [-0.05, 0) is 73.1 Å². The van der Waals surface area contributed by atoms with Gasteiger partial charge in [-0.2, -0.15) is 0 Å². The number of likely N-dealkylation sites (N-methyl/N-ethyl adjacent to an activating group) is 1. The molecule has 0 radical (unpaired) electrons. The fraction of sp³-hybridized carbons (Fsp3) is 0.310. The Kier molecular flexibility index (Phi) is 7.98. The minimum absolute atomic E-state index is 0.171. The molecule has 37 heavy (non-hydrogen) atoms. The molecule has 1 saturated heterocycles. The maximum Gasteiger partial charge on any atom is 0.414 e. The lowest BCUT2D eigenvalue weighted by atomic mass is 9.98. The van der Waals surface area contributed by atoms with Gasteiger partial charge in [0.25, 0.3) is 5.91 Å². The van der Waals surface area contributed by atoms with Gasteiger partial charge >= 0.3 is 6.09 Å². The summed E-state index contributed by atoms with van der Waals surface area (Å²) in [6.45, 7) is 5.75. The summed E-state index contributed by atoms with van der Waals surface area (Å²) in [5.74, 6) is 1.10. The Hall–Kier alpha value is -4.04. The molecule has 4 rings (SSSR count). The molecule has 1 aliphatic heterocycles. The van der Waals surface area contributed by atoms with Gasteiger partial charge in [0.2, 0.25) is 0 Å². The Morgan fingerprint density at radius 3 is 2.24 bits per heavy atom. The molecule has 194 valence electrons. The molecular weight excluding hydrogens is 468 g/mol. The molecule has 1 heterocycles. The standard InChI is InChI=1S/C29H34N4O4/c1-20-18-22(8-12-25(20)21-6-10-24(11-7-21)37-29(35)31(2)3)28(34)30-23-9-13-27(36-5)26(19-23)33-16-14-32(4)15-17-33/h6-13,18-19H,14-17H2,1-5H3,(H,30,34). The summed E-state index contributed by atoms with van der Waals surface area (Å²) in [7, 11) is 7.07. The number of carbonyl (C=O) groups is 2. The van der Waals surface area contributed by atoms with Crippen molar-refractivity contribution in [2.45, 2.75) is 6.92 Å². The zero-order chi connectivity index (χ0) is 26.5. The molecule has 0 aliphatic carbocycles. The van der Waals surface area contributed by atoms with Gasteiger partial charge in [-0.15, -0.1) is 0 Å². The van der Waals surface area contributed by atoms with Gasteiger partial charge in [-0.1, -0.05) is 18.2 Å². The van der Waals surface area contributed by atoms with Crippen LogP contribution < -0.4 is 19.7 Å². The maximum atomic E-state index is 13.1. The number of anilines is 2. The lowest BCUT2D eigenvalue weighted by Gasteiger charge is -2.35. The molecule has 0 atom stereocenters. The van der Waals surface area contributed by atoms with Crippen molar-refractivity contribution in [2.75, 3.05) is 64.6 Å². The lowest BCUT2D eigenvalue weighted by molar-refractivity contribution is 0.102. The number of nitrogens with one attached hydrogen (secondary N) is 1. The topological polar surface area (TPSA) is 74.3 Å². The molecule has 1 aliphatic rings. The van der Waals surface area contributed by atoms with E-state index < -0.39 is 6.09 Å². The van der Waals surface area contributed by atoms with Gasteiger partial charge in [-0.25, -0.2) is 4.79 Å². The molecule has 3 aromatic rings. The number of nitrogens with zero attached hydrogens (tertiary/aromatic N) is 3. The van der Waals surface area contributed by atoms with Gasteiger partial charge in [-0.3, -0.25) is 4.79 Å². The van der Waals surface area contributed by atoms with Crippen molar-refractivity contribution in [2.24, 2.45) is 0 Å². The van der Waals surface area contributed by atoms with Crippen LogP contribution in [-0.2, 0) is 0 Å². The highest BCUT2D eigenvalue weighted by Crippen LogP contribution is 2.32. The Labute approximate surface area is 218 Å². The molecule has 0 aromatic heterocycles. The quantitative estimate of drug-likeness (QED) is 0.525. The first-order valence-corrected chi connectivity index (χ1v) is 12.3. The molecule has 0 saturated carbocycles. The first-order chi connectivity index (χ1) is 17.7. The van der Waals surface area contributed by atoms with Crippen molar-refractivity contribution >= 4 is 23.4 Å². The molecule has 1 fully saturated rings. The van der Waals surface area contributed by atoms with Gasteiger partial charge in [0, 0.05) is 51.5 Å². The molecular formula is C29H34N4O4. The third kappa shape index (κ3) is 6.21. The third-order valence-corrected chi connectivity index (χ3v) is 6.50. The second kappa shape index (κ2) is 11.3. The van der Waals surface area contributed by atoms with Crippen molar-refractivity contribution < 1.29 is 19.1 Å². The van der Waals surface area contributed by atoms with E-state index >= 15 is 0 Å².